The Bertz CT molecular complexity index is 2820. The fourth-order valence-corrected chi connectivity index (χ4v) is 7.75. The molecule has 0 bridgehead atoms. The number of hydrogen-bond donors (Lipinski definition) is 0. The predicted molar refractivity (Wildman–Crippen MR) is 219 cm³/mol. The quantitative estimate of drug-likeness (QED) is 0.165. The van der Waals surface area contributed by atoms with Crippen molar-refractivity contribution in [2.24, 2.45) is 0 Å². The molecule has 3 heteroatoms. The molecule has 0 amide bonds. The molecule has 10 rings (SSSR count). The van der Waals surface area contributed by atoms with E-state index in [-0.39, 0.29) is 0 Å². The Morgan fingerprint density at radius 1 is 0.385 bits per heavy atom. The fraction of sp³-hybridized carbons (Fsp3) is 0. The van der Waals surface area contributed by atoms with Gasteiger partial charge in [0.25, 0.3) is 0 Å². The van der Waals surface area contributed by atoms with Gasteiger partial charge in [-0.3, -0.25) is 4.98 Å². The normalized spacial score (nSPS) is 11.5. The van der Waals surface area contributed by atoms with Crippen molar-refractivity contribution in [3.8, 4) is 27.9 Å². The molecule has 2 aromatic heterocycles. The molecule has 244 valence electrons. The van der Waals surface area contributed by atoms with E-state index in [2.05, 4.69) is 198 Å². The zero-order valence-electron chi connectivity index (χ0n) is 28.4. The molecule has 0 fully saturated rings. The van der Waals surface area contributed by atoms with Crippen LogP contribution in [0.2, 0.25) is 0 Å². The smallest absolute Gasteiger partial charge is 0.0801 e. The summed E-state index contributed by atoms with van der Waals surface area (Å²) < 4.78 is 2.36. The van der Waals surface area contributed by atoms with Crippen LogP contribution in [0.3, 0.4) is 0 Å². The molecular weight excluding hydrogens is 631 g/mol. The van der Waals surface area contributed by atoms with E-state index >= 15 is 0 Å². The molecule has 8 aromatic carbocycles. The number of para-hydroxylation sites is 2. The maximum atomic E-state index is 4.88. The lowest BCUT2D eigenvalue weighted by Crippen LogP contribution is -2.10. The molecule has 0 unspecified atom stereocenters. The number of fused-ring (bicyclic) bond motifs is 6. The molecule has 0 aliphatic heterocycles. The summed E-state index contributed by atoms with van der Waals surface area (Å²) in [5, 5.41) is 5.97. The van der Waals surface area contributed by atoms with Crippen LogP contribution in [-0.4, -0.2) is 9.55 Å². The second-order valence-electron chi connectivity index (χ2n) is 13.2. The summed E-state index contributed by atoms with van der Waals surface area (Å²) in [6.07, 6.45) is 1.89. The Morgan fingerprint density at radius 2 is 0.904 bits per heavy atom. The van der Waals surface area contributed by atoms with E-state index in [0.29, 0.717) is 0 Å². The highest BCUT2D eigenvalue weighted by Crippen LogP contribution is 2.42. The van der Waals surface area contributed by atoms with E-state index in [9.17, 15) is 0 Å². The molecule has 2 heterocycles. The Kier molecular flexibility index (Phi) is 7.14. The maximum absolute atomic E-state index is 4.88. The van der Waals surface area contributed by atoms with Gasteiger partial charge in [-0.15, -0.1) is 0 Å². The molecule has 10 aromatic rings. The number of nitrogens with zero attached hydrogens (tertiary/aromatic N) is 3. The summed E-state index contributed by atoms with van der Waals surface area (Å²) >= 11 is 0. The van der Waals surface area contributed by atoms with Gasteiger partial charge in [-0.05, 0) is 88.3 Å². The van der Waals surface area contributed by atoms with Crippen LogP contribution in [0, 0.1) is 0 Å². The van der Waals surface area contributed by atoms with Crippen molar-refractivity contribution < 1.29 is 0 Å². The minimum atomic E-state index is 1.00. The van der Waals surface area contributed by atoms with Gasteiger partial charge in [0, 0.05) is 44.8 Å². The minimum Gasteiger partial charge on any atom is -0.310 e. The van der Waals surface area contributed by atoms with Gasteiger partial charge in [-0.1, -0.05) is 133 Å². The Balaban J connectivity index is 1.06. The SMILES string of the molecule is c1ccc(-c2ccc(N(c3ccc(-c4ccc(-n5c6ccccc6c6ccccc65)cc4)cc3)c3cccc4ccc5cccnc5c34)cc2)cc1. The van der Waals surface area contributed by atoms with Gasteiger partial charge >= 0.3 is 0 Å². The van der Waals surface area contributed by atoms with Crippen molar-refractivity contribution in [3.05, 3.63) is 200 Å². The monoisotopic (exact) mass is 663 g/mol. The average Bonchev–Trinajstić information content (AvgIpc) is 3.56. The van der Waals surface area contributed by atoms with E-state index in [1.54, 1.807) is 0 Å². The second kappa shape index (κ2) is 12.4. The van der Waals surface area contributed by atoms with Crippen molar-refractivity contribution in [3.63, 3.8) is 0 Å². The van der Waals surface area contributed by atoms with Crippen LogP contribution in [0.25, 0.3) is 71.4 Å². The number of benzene rings is 8. The first-order chi connectivity index (χ1) is 25.8. The number of anilines is 3. The Labute approximate surface area is 302 Å². The maximum Gasteiger partial charge on any atom is 0.0801 e. The van der Waals surface area contributed by atoms with Gasteiger partial charge in [-0.2, -0.15) is 0 Å². The van der Waals surface area contributed by atoms with Crippen LogP contribution in [0.5, 0.6) is 0 Å². The van der Waals surface area contributed by atoms with Crippen molar-refractivity contribution in [1.29, 1.82) is 0 Å². The van der Waals surface area contributed by atoms with Crippen molar-refractivity contribution >= 4 is 60.5 Å². The van der Waals surface area contributed by atoms with Crippen molar-refractivity contribution in [1.82, 2.24) is 9.55 Å². The highest BCUT2D eigenvalue weighted by Gasteiger charge is 2.18. The standard InChI is InChI=1S/C49H33N3/c1-2-10-34(11-3-1)35-21-27-40(28-22-35)51(47-18-8-12-38-19-20-39-13-9-33-50-49(39)48(38)47)41-29-23-36(24-30-41)37-25-31-42(32-26-37)52-45-16-6-4-14-43(45)44-15-5-7-17-46(44)52/h1-33H. The van der Waals surface area contributed by atoms with Crippen LogP contribution in [0.4, 0.5) is 17.1 Å². The summed E-state index contributed by atoms with van der Waals surface area (Å²) in [4.78, 5) is 7.24. The molecule has 3 nitrogen and oxygen atoms in total. The van der Waals surface area contributed by atoms with Gasteiger partial charge in [0.2, 0.25) is 0 Å². The molecule has 52 heavy (non-hydrogen) atoms. The topological polar surface area (TPSA) is 21.1 Å². The van der Waals surface area contributed by atoms with Crippen LogP contribution >= 0.6 is 0 Å². The summed E-state index contributed by atoms with van der Waals surface area (Å²) in [5.74, 6) is 0. The van der Waals surface area contributed by atoms with Gasteiger partial charge in [0.1, 0.15) is 0 Å². The van der Waals surface area contributed by atoms with E-state index in [1.807, 2.05) is 12.3 Å². The zero-order chi connectivity index (χ0) is 34.4. The molecule has 0 N–H and O–H groups in total. The number of pyridine rings is 1. The van der Waals surface area contributed by atoms with E-state index in [1.165, 1.54) is 44.1 Å². The third-order valence-corrected chi connectivity index (χ3v) is 10.2. The molecule has 0 atom stereocenters. The Morgan fingerprint density at radius 3 is 1.54 bits per heavy atom. The lowest BCUT2D eigenvalue weighted by atomic mass is 10.0. The molecule has 0 aliphatic carbocycles. The van der Waals surface area contributed by atoms with Gasteiger partial charge in [0.15, 0.2) is 0 Å². The van der Waals surface area contributed by atoms with Gasteiger partial charge in [0.05, 0.1) is 22.2 Å². The number of rotatable bonds is 6. The highest BCUT2D eigenvalue weighted by molar-refractivity contribution is 6.13. The zero-order valence-corrected chi connectivity index (χ0v) is 28.4. The molecule has 0 aliphatic rings. The lowest BCUT2D eigenvalue weighted by molar-refractivity contribution is 1.18. The third kappa shape index (κ3) is 5.02. The molecule has 0 spiro atoms. The number of hydrogen-bond acceptors (Lipinski definition) is 2. The fourth-order valence-electron chi connectivity index (χ4n) is 7.75. The Hall–Kier alpha value is -6.97. The molecule has 0 saturated heterocycles. The molecular formula is C49H33N3. The van der Waals surface area contributed by atoms with Crippen molar-refractivity contribution in [2.45, 2.75) is 0 Å². The predicted octanol–water partition coefficient (Wildman–Crippen LogP) is 13.3. The van der Waals surface area contributed by atoms with Crippen LogP contribution in [-0.2, 0) is 0 Å². The summed E-state index contributed by atoms with van der Waals surface area (Å²) in [6.45, 7) is 0. The van der Waals surface area contributed by atoms with Crippen LogP contribution < -0.4 is 4.90 Å². The van der Waals surface area contributed by atoms with E-state index < -0.39 is 0 Å². The van der Waals surface area contributed by atoms with E-state index in [4.69, 9.17) is 4.98 Å². The first kappa shape index (κ1) is 29.9. The molecule has 0 radical (unpaired) electrons. The minimum absolute atomic E-state index is 1.00. The highest BCUT2D eigenvalue weighted by atomic mass is 15.1. The summed E-state index contributed by atoms with van der Waals surface area (Å²) in [5.41, 5.74) is 12.6. The largest absolute Gasteiger partial charge is 0.310 e. The summed E-state index contributed by atoms with van der Waals surface area (Å²) in [6, 6.07) is 69.6. The van der Waals surface area contributed by atoms with Crippen molar-refractivity contribution in [2.75, 3.05) is 4.90 Å². The van der Waals surface area contributed by atoms with Gasteiger partial charge < -0.3 is 9.47 Å². The first-order valence-corrected chi connectivity index (χ1v) is 17.7. The van der Waals surface area contributed by atoms with Gasteiger partial charge in [-0.25, -0.2) is 0 Å². The number of aromatic nitrogens is 2. The van der Waals surface area contributed by atoms with Crippen LogP contribution in [0.15, 0.2) is 200 Å². The average molecular weight is 664 g/mol. The van der Waals surface area contributed by atoms with E-state index in [0.717, 1.165) is 44.4 Å². The third-order valence-electron chi connectivity index (χ3n) is 10.2. The first-order valence-electron chi connectivity index (χ1n) is 17.7. The van der Waals surface area contributed by atoms with Crippen LogP contribution in [0.1, 0.15) is 0 Å². The summed E-state index contributed by atoms with van der Waals surface area (Å²) in [7, 11) is 0. The lowest BCUT2D eigenvalue weighted by Gasteiger charge is -2.27. The molecule has 0 saturated carbocycles. The second-order valence-corrected chi connectivity index (χ2v) is 13.2.